The predicted octanol–water partition coefficient (Wildman–Crippen LogP) is 2.14. The van der Waals surface area contributed by atoms with Crippen LogP contribution in [0.3, 0.4) is 0 Å². The minimum Gasteiger partial charge on any atom is -0.321 e. The maximum Gasteiger partial charge on any atom is 0.276 e. The molecule has 3 aromatic rings. The van der Waals surface area contributed by atoms with Crippen LogP contribution in [0.2, 0.25) is 0 Å². The van der Waals surface area contributed by atoms with Gasteiger partial charge < -0.3 is 10.6 Å². The molecule has 1 aromatic carbocycles. The number of aryl methyl sites for hydroxylation is 2. The molecule has 0 saturated carbocycles. The lowest BCUT2D eigenvalue weighted by Gasteiger charge is -2.07. The van der Waals surface area contributed by atoms with Crippen LogP contribution in [0.15, 0.2) is 48.8 Å². The van der Waals surface area contributed by atoms with Crippen LogP contribution in [-0.2, 0) is 13.6 Å². The van der Waals surface area contributed by atoms with Gasteiger partial charge in [-0.3, -0.25) is 19.0 Å². The molecule has 2 heterocycles. The third-order valence-corrected chi connectivity index (χ3v) is 3.52. The van der Waals surface area contributed by atoms with Gasteiger partial charge in [0.1, 0.15) is 0 Å². The van der Waals surface area contributed by atoms with Crippen LogP contribution in [0.1, 0.15) is 27.9 Å². The Balaban J connectivity index is 1.68. The number of hydrogen-bond acceptors (Lipinski definition) is 4. The summed E-state index contributed by atoms with van der Waals surface area (Å²) in [6.07, 6.45) is 3.44. The zero-order valence-electron chi connectivity index (χ0n) is 13.9. The fraction of sp³-hybridized carbons (Fsp3) is 0.176. The number of nitrogens with one attached hydrogen (secondary N) is 2. The fourth-order valence-electron chi connectivity index (χ4n) is 2.26. The second-order valence-electron chi connectivity index (χ2n) is 5.42. The fourth-order valence-corrected chi connectivity index (χ4v) is 2.26. The van der Waals surface area contributed by atoms with Gasteiger partial charge in [0, 0.05) is 37.4 Å². The average Bonchev–Trinajstić information content (AvgIpc) is 3.24. The van der Waals surface area contributed by atoms with Gasteiger partial charge in [-0.15, -0.1) is 0 Å². The summed E-state index contributed by atoms with van der Waals surface area (Å²) in [6.45, 7) is 2.64. The van der Waals surface area contributed by atoms with Crippen molar-refractivity contribution in [2.75, 3.05) is 10.6 Å². The molecule has 0 aliphatic rings. The van der Waals surface area contributed by atoms with Crippen molar-refractivity contribution in [1.29, 1.82) is 0 Å². The maximum absolute atomic E-state index is 12.2. The number of nitrogens with zero attached hydrogens (tertiary/aromatic N) is 4. The SMILES string of the molecule is CCn1ccc(C(=O)Nc2cccc(NC(=O)c3ccn(C)n3)c2)n1. The molecular formula is C17H18N6O2. The molecule has 0 bridgehead atoms. The Morgan fingerprint density at radius 1 is 0.960 bits per heavy atom. The summed E-state index contributed by atoms with van der Waals surface area (Å²) in [5.41, 5.74) is 1.79. The van der Waals surface area contributed by atoms with Crippen LogP contribution in [0.25, 0.3) is 0 Å². The number of hydrogen-bond donors (Lipinski definition) is 2. The lowest BCUT2D eigenvalue weighted by molar-refractivity contribution is 0.101. The Kier molecular flexibility index (Phi) is 4.60. The molecule has 0 unspecified atom stereocenters. The molecule has 0 radical (unpaired) electrons. The second kappa shape index (κ2) is 7.00. The van der Waals surface area contributed by atoms with Crippen molar-refractivity contribution in [1.82, 2.24) is 19.6 Å². The molecule has 128 valence electrons. The van der Waals surface area contributed by atoms with Gasteiger partial charge >= 0.3 is 0 Å². The van der Waals surface area contributed by atoms with E-state index in [2.05, 4.69) is 20.8 Å². The van der Waals surface area contributed by atoms with Gasteiger partial charge in [-0.05, 0) is 37.3 Å². The molecule has 2 amide bonds. The van der Waals surface area contributed by atoms with Crippen molar-refractivity contribution in [2.45, 2.75) is 13.5 Å². The molecular weight excluding hydrogens is 320 g/mol. The van der Waals surface area contributed by atoms with E-state index >= 15 is 0 Å². The minimum atomic E-state index is -0.314. The summed E-state index contributed by atoms with van der Waals surface area (Å²) < 4.78 is 3.24. The number of anilines is 2. The average molecular weight is 338 g/mol. The Morgan fingerprint density at radius 2 is 1.56 bits per heavy atom. The molecule has 0 aliphatic carbocycles. The number of carbonyl (C=O) groups excluding carboxylic acids is 2. The van der Waals surface area contributed by atoms with E-state index in [4.69, 9.17) is 0 Å². The van der Waals surface area contributed by atoms with Crippen molar-refractivity contribution in [3.8, 4) is 0 Å². The molecule has 8 heteroatoms. The summed E-state index contributed by atoms with van der Waals surface area (Å²) in [5, 5.41) is 13.7. The predicted molar refractivity (Wildman–Crippen MR) is 93.5 cm³/mol. The summed E-state index contributed by atoms with van der Waals surface area (Å²) in [4.78, 5) is 24.3. The van der Waals surface area contributed by atoms with Gasteiger partial charge in [-0.1, -0.05) is 6.07 Å². The van der Waals surface area contributed by atoms with Gasteiger partial charge in [-0.2, -0.15) is 10.2 Å². The third kappa shape index (κ3) is 3.92. The van der Waals surface area contributed by atoms with E-state index in [1.54, 1.807) is 65.2 Å². The molecule has 0 saturated heterocycles. The van der Waals surface area contributed by atoms with E-state index in [0.29, 0.717) is 29.3 Å². The van der Waals surface area contributed by atoms with Crippen LogP contribution < -0.4 is 10.6 Å². The van der Waals surface area contributed by atoms with E-state index in [9.17, 15) is 9.59 Å². The molecule has 2 aromatic heterocycles. The number of benzene rings is 1. The van der Waals surface area contributed by atoms with Crippen LogP contribution in [0, 0.1) is 0 Å². The highest BCUT2D eigenvalue weighted by molar-refractivity contribution is 6.05. The highest BCUT2D eigenvalue weighted by atomic mass is 16.2. The van der Waals surface area contributed by atoms with Crippen LogP contribution in [0.4, 0.5) is 11.4 Å². The standard InChI is InChI=1S/C17H18N6O2/c1-3-23-10-8-15(21-23)17(25)19-13-6-4-5-12(11-13)18-16(24)14-7-9-22(2)20-14/h4-11H,3H2,1-2H3,(H,18,24)(H,19,25). The Hall–Kier alpha value is -3.42. The Bertz CT molecular complexity index is 911. The summed E-state index contributed by atoms with van der Waals surface area (Å²) in [6, 6.07) is 10.2. The first kappa shape index (κ1) is 16.4. The van der Waals surface area contributed by atoms with Gasteiger partial charge in [0.2, 0.25) is 0 Å². The Morgan fingerprint density at radius 3 is 2.08 bits per heavy atom. The van der Waals surface area contributed by atoms with Crippen LogP contribution in [0.5, 0.6) is 0 Å². The summed E-state index contributed by atoms with van der Waals surface area (Å²) in [7, 11) is 1.74. The molecule has 0 spiro atoms. The van der Waals surface area contributed by atoms with Crippen molar-refractivity contribution in [2.24, 2.45) is 7.05 Å². The van der Waals surface area contributed by atoms with Gasteiger partial charge in [0.25, 0.3) is 11.8 Å². The molecule has 0 fully saturated rings. The highest BCUT2D eigenvalue weighted by Crippen LogP contribution is 2.16. The van der Waals surface area contributed by atoms with E-state index < -0.39 is 0 Å². The lowest BCUT2D eigenvalue weighted by atomic mass is 10.2. The number of carbonyl (C=O) groups is 2. The first-order chi connectivity index (χ1) is 12.0. The minimum absolute atomic E-state index is 0.305. The molecule has 8 nitrogen and oxygen atoms in total. The molecule has 0 aliphatic heterocycles. The monoisotopic (exact) mass is 338 g/mol. The molecule has 3 rings (SSSR count). The summed E-state index contributed by atoms with van der Waals surface area (Å²) >= 11 is 0. The van der Waals surface area contributed by atoms with E-state index in [1.807, 2.05) is 6.92 Å². The number of amides is 2. The van der Waals surface area contributed by atoms with Crippen molar-refractivity contribution < 1.29 is 9.59 Å². The quantitative estimate of drug-likeness (QED) is 0.745. The topological polar surface area (TPSA) is 93.8 Å². The largest absolute Gasteiger partial charge is 0.321 e. The smallest absolute Gasteiger partial charge is 0.276 e. The highest BCUT2D eigenvalue weighted by Gasteiger charge is 2.12. The maximum atomic E-state index is 12.2. The van der Waals surface area contributed by atoms with Gasteiger partial charge in [0.15, 0.2) is 11.4 Å². The Labute approximate surface area is 144 Å². The van der Waals surface area contributed by atoms with Crippen LogP contribution >= 0.6 is 0 Å². The van der Waals surface area contributed by atoms with Crippen molar-refractivity contribution >= 4 is 23.2 Å². The lowest BCUT2D eigenvalue weighted by Crippen LogP contribution is -2.15. The zero-order valence-corrected chi connectivity index (χ0v) is 13.9. The van der Waals surface area contributed by atoms with E-state index in [0.717, 1.165) is 0 Å². The molecule has 25 heavy (non-hydrogen) atoms. The van der Waals surface area contributed by atoms with Gasteiger partial charge in [0.05, 0.1) is 0 Å². The molecule has 0 atom stereocenters. The number of aromatic nitrogens is 4. The number of rotatable bonds is 5. The van der Waals surface area contributed by atoms with Crippen molar-refractivity contribution in [3.05, 3.63) is 60.2 Å². The van der Waals surface area contributed by atoms with E-state index in [-0.39, 0.29) is 11.8 Å². The van der Waals surface area contributed by atoms with Crippen molar-refractivity contribution in [3.63, 3.8) is 0 Å². The summed E-state index contributed by atoms with van der Waals surface area (Å²) in [5.74, 6) is -0.619. The first-order valence-electron chi connectivity index (χ1n) is 7.81. The van der Waals surface area contributed by atoms with Crippen LogP contribution in [-0.4, -0.2) is 31.4 Å². The first-order valence-corrected chi connectivity index (χ1v) is 7.81. The van der Waals surface area contributed by atoms with Gasteiger partial charge in [-0.25, -0.2) is 0 Å². The zero-order chi connectivity index (χ0) is 17.8. The molecule has 2 N–H and O–H groups in total. The van der Waals surface area contributed by atoms with E-state index in [1.165, 1.54) is 0 Å². The second-order valence-corrected chi connectivity index (χ2v) is 5.42. The normalized spacial score (nSPS) is 10.5. The third-order valence-electron chi connectivity index (χ3n) is 3.52.